The van der Waals surface area contributed by atoms with Crippen LogP contribution in [-0.2, 0) is 19.4 Å². The molecule has 0 aliphatic heterocycles. The van der Waals surface area contributed by atoms with Crippen molar-refractivity contribution in [1.82, 2.24) is 4.57 Å². The van der Waals surface area contributed by atoms with Crippen LogP contribution in [0.1, 0.15) is 23.2 Å². The first-order valence-corrected chi connectivity index (χ1v) is 7.20. The van der Waals surface area contributed by atoms with E-state index in [2.05, 4.69) is 15.9 Å². The van der Waals surface area contributed by atoms with Gasteiger partial charge in [-0.05, 0) is 52.4 Å². The number of nitrogen functional groups attached to an aromatic ring is 1. The first-order valence-electron chi connectivity index (χ1n) is 6.41. The zero-order chi connectivity index (χ0) is 13.4. The van der Waals surface area contributed by atoms with Crippen molar-refractivity contribution in [3.63, 3.8) is 0 Å². The number of aromatic nitrogens is 1. The summed E-state index contributed by atoms with van der Waals surface area (Å²) in [5.41, 5.74) is 10.2. The van der Waals surface area contributed by atoms with Crippen LogP contribution >= 0.6 is 15.9 Å². The van der Waals surface area contributed by atoms with Gasteiger partial charge in [0, 0.05) is 21.9 Å². The summed E-state index contributed by atoms with van der Waals surface area (Å²) in [6, 6.07) is 9.41. The number of hydrogen-bond donors (Lipinski definition) is 1. The van der Waals surface area contributed by atoms with E-state index in [-0.39, 0.29) is 5.56 Å². The van der Waals surface area contributed by atoms with Crippen LogP contribution < -0.4 is 11.3 Å². The number of nitrogens with two attached hydrogens (primary N) is 1. The second-order valence-corrected chi connectivity index (χ2v) is 5.70. The van der Waals surface area contributed by atoms with E-state index in [4.69, 9.17) is 5.73 Å². The minimum Gasteiger partial charge on any atom is -0.398 e. The zero-order valence-corrected chi connectivity index (χ0v) is 12.1. The number of halogens is 1. The van der Waals surface area contributed by atoms with E-state index in [9.17, 15) is 4.79 Å². The highest BCUT2D eigenvalue weighted by Crippen LogP contribution is 2.26. The van der Waals surface area contributed by atoms with Crippen molar-refractivity contribution < 1.29 is 0 Å². The average molecular weight is 319 g/mol. The van der Waals surface area contributed by atoms with E-state index in [1.54, 1.807) is 6.07 Å². The lowest BCUT2D eigenvalue weighted by Crippen LogP contribution is -2.23. The summed E-state index contributed by atoms with van der Waals surface area (Å²) in [5.74, 6) is 0. The van der Waals surface area contributed by atoms with E-state index < -0.39 is 0 Å². The Hall–Kier alpha value is -1.55. The molecule has 2 N–H and O–H groups in total. The molecule has 0 spiro atoms. The Morgan fingerprint density at radius 2 is 2.05 bits per heavy atom. The summed E-state index contributed by atoms with van der Waals surface area (Å²) in [7, 11) is 0. The van der Waals surface area contributed by atoms with Gasteiger partial charge in [-0.1, -0.05) is 18.2 Å². The average Bonchev–Trinajstić information content (AvgIpc) is 2.86. The number of aryl methyl sites for hydroxylation is 1. The highest BCUT2D eigenvalue weighted by molar-refractivity contribution is 9.10. The van der Waals surface area contributed by atoms with E-state index in [0.29, 0.717) is 12.2 Å². The van der Waals surface area contributed by atoms with Crippen molar-refractivity contribution in [3.05, 3.63) is 62.0 Å². The Balaban J connectivity index is 2.07. The molecule has 0 radical (unpaired) electrons. The molecule has 1 aliphatic rings. The van der Waals surface area contributed by atoms with Gasteiger partial charge in [-0.15, -0.1) is 0 Å². The third-order valence-corrected chi connectivity index (χ3v) is 4.65. The highest BCUT2D eigenvalue weighted by atomic mass is 79.9. The molecule has 0 atom stereocenters. The van der Waals surface area contributed by atoms with Crippen LogP contribution in [0.3, 0.4) is 0 Å². The number of pyridine rings is 1. The van der Waals surface area contributed by atoms with Crippen LogP contribution in [0.25, 0.3) is 0 Å². The summed E-state index contributed by atoms with van der Waals surface area (Å²) in [6.45, 7) is 0.577. The van der Waals surface area contributed by atoms with Crippen molar-refractivity contribution in [2.45, 2.75) is 25.8 Å². The number of anilines is 1. The van der Waals surface area contributed by atoms with Crippen LogP contribution in [0.4, 0.5) is 5.69 Å². The Kier molecular flexibility index (Phi) is 3.19. The summed E-state index contributed by atoms with van der Waals surface area (Å²) in [4.78, 5) is 12.1. The first kappa shape index (κ1) is 12.5. The molecule has 1 aliphatic carbocycles. The lowest BCUT2D eigenvalue weighted by atomic mass is 10.1. The number of hydrogen-bond acceptors (Lipinski definition) is 2. The summed E-state index contributed by atoms with van der Waals surface area (Å²) >= 11 is 3.50. The quantitative estimate of drug-likeness (QED) is 0.865. The van der Waals surface area contributed by atoms with Crippen LogP contribution in [0.2, 0.25) is 0 Å². The van der Waals surface area contributed by atoms with Crippen LogP contribution in [0.5, 0.6) is 0 Å². The van der Waals surface area contributed by atoms with E-state index in [1.165, 1.54) is 11.3 Å². The second kappa shape index (κ2) is 4.85. The molecule has 98 valence electrons. The molecule has 2 aromatic rings. The van der Waals surface area contributed by atoms with E-state index in [0.717, 1.165) is 29.3 Å². The molecular weight excluding hydrogens is 304 g/mol. The van der Waals surface area contributed by atoms with E-state index >= 15 is 0 Å². The molecule has 0 amide bonds. The molecule has 0 fully saturated rings. The summed E-state index contributed by atoms with van der Waals surface area (Å²) in [6.07, 6.45) is 3.20. The van der Waals surface area contributed by atoms with Crippen molar-refractivity contribution in [2.75, 3.05) is 5.73 Å². The Morgan fingerprint density at radius 3 is 2.89 bits per heavy atom. The number of nitrogens with zero attached hydrogens (tertiary/aromatic N) is 1. The smallest absolute Gasteiger partial charge is 0.251 e. The molecule has 0 unspecified atom stereocenters. The molecule has 3 nitrogen and oxygen atoms in total. The highest BCUT2D eigenvalue weighted by Gasteiger charge is 2.16. The van der Waals surface area contributed by atoms with Gasteiger partial charge in [0.2, 0.25) is 0 Å². The van der Waals surface area contributed by atoms with Crippen molar-refractivity contribution in [1.29, 1.82) is 0 Å². The maximum absolute atomic E-state index is 12.1. The number of fused-ring (bicyclic) bond motifs is 1. The topological polar surface area (TPSA) is 48.0 Å². The summed E-state index contributed by atoms with van der Waals surface area (Å²) in [5, 5.41) is 0. The van der Waals surface area contributed by atoms with Crippen LogP contribution in [0.15, 0.2) is 39.6 Å². The zero-order valence-electron chi connectivity index (χ0n) is 10.5. The third kappa shape index (κ3) is 2.21. The van der Waals surface area contributed by atoms with Gasteiger partial charge in [-0.2, -0.15) is 0 Å². The fourth-order valence-corrected chi connectivity index (χ4v) is 3.09. The molecule has 0 saturated heterocycles. The molecule has 1 aromatic carbocycles. The standard InChI is InChI=1S/C15H15BrN2O/c16-15-11(4-1-5-12(15)17)9-18-13-6-2-3-10(13)7-8-14(18)19/h1,4-5,7-8H,2-3,6,9,17H2. The van der Waals surface area contributed by atoms with Gasteiger partial charge in [0.15, 0.2) is 0 Å². The molecule has 1 aromatic heterocycles. The predicted octanol–water partition coefficient (Wildman–Crippen LogP) is 2.73. The fourth-order valence-electron chi connectivity index (χ4n) is 2.70. The van der Waals surface area contributed by atoms with Gasteiger partial charge in [0.05, 0.1) is 6.54 Å². The Labute approximate surface area is 120 Å². The van der Waals surface area contributed by atoms with Crippen LogP contribution in [0, 0.1) is 0 Å². The minimum atomic E-state index is 0.0648. The van der Waals surface area contributed by atoms with E-state index in [1.807, 2.05) is 28.8 Å². The largest absolute Gasteiger partial charge is 0.398 e. The molecule has 0 saturated carbocycles. The SMILES string of the molecule is Nc1cccc(Cn2c3c(ccc2=O)CCC3)c1Br. The number of benzene rings is 1. The van der Waals surface area contributed by atoms with Gasteiger partial charge < -0.3 is 10.3 Å². The lowest BCUT2D eigenvalue weighted by Gasteiger charge is -2.13. The third-order valence-electron chi connectivity index (χ3n) is 3.69. The first-order chi connectivity index (χ1) is 9.16. The Bertz CT molecular complexity index is 691. The predicted molar refractivity (Wildman–Crippen MR) is 80.4 cm³/mol. The fraction of sp³-hybridized carbons (Fsp3) is 0.267. The molecule has 0 bridgehead atoms. The molecule has 19 heavy (non-hydrogen) atoms. The monoisotopic (exact) mass is 318 g/mol. The van der Waals surface area contributed by atoms with Gasteiger partial charge in [-0.25, -0.2) is 0 Å². The molecule has 1 heterocycles. The van der Waals surface area contributed by atoms with Crippen molar-refractivity contribution in [2.24, 2.45) is 0 Å². The van der Waals surface area contributed by atoms with Gasteiger partial charge in [-0.3, -0.25) is 4.79 Å². The minimum absolute atomic E-state index is 0.0648. The summed E-state index contributed by atoms with van der Waals surface area (Å²) < 4.78 is 2.76. The van der Waals surface area contributed by atoms with Crippen molar-refractivity contribution >= 4 is 21.6 Å². The maximum Gasteiger partial charge on any atom is 0.251 e. The van der Waals surface area contributed by atoms with Gasteiger partial charge in [0.1, 0.15) is 0 Å². The lowest BCUT2D eigenvalue weighted by molar-refractivity contribution is 0.706. The molecular formula is C15H15BrN2O. The second-order valence-electron chi connectivity index (χ2n) is 4.90. The van der Waals surface area contributed by atoms with Crippen molar-refractivity contribution in [3.8, 4) is 0 Å². The maximum atomic E-state index is 12.1. The Morgan fingerprint density at radius 1 is 1.21 bits per heavy atom. The molecule has 3 rings (SSSR count). The van der Waals surface area contributed by atoms with Gasteiger partial charge in [0.25, 0.3) is 5.56 Å². The van der Waals surface area contributed by atoms with Gasteiger partial charge >= 0.3 is 0 Å². The molecule has 4 heteroatoms. The van der Waals surface area contributed by atoms with Crippen LogP contribution in [-0.4, -0.2) is 4.57 Å². The number of rotatable bonds is 2. The normalized spacial score (nSPS) is 13.5.